The lowest BCUT2D eigenvalue weighted by molar-refractivity contribution is -0.116. The zero-order valence-corrected chi connectivity index (χ0v) is 20.7. The molecule has 8 heteroatoms. The first-order valence-electron chi connectivity index (χ1n) is 11.6. The molecule has 0 bridgehead atoms. The summed E-state index contributed by atoms with van der Waals surface area (Å²) in [7, 11) is 0. The quantitative estimate of drug-likeness (QED) is 0.383. The number of carbonyl (C=O) groups excluding carboxylic acids is 1. The third-order valence-corrected chi connectivity index (χ3v) is 6.98. The number of amides is 1. The van der Waals surface area contributed by atoms with E-state index < -0.39 is 5.25 Å². The molecule has 2 unspecified atom stereocenters. The van der Waals surface area contributed by atoms with E-state index in [4.69, 9.17) is 4.74 Å². The summed E-state index contributed by atoms with van der Waals surface area (Å²) in [6.07, 6.45) is 0. The molecular formula is C27H27N5O2S. The Morgan fingerprint density at radius 1 is 1.03 bits per heavy atom. The lowest BCUT2D eigenvalue weighted by atomic mass is 10.0. The van der Waals surface area contributed by atoms with Crippen molar-refractivity contribution in [3.63, 3.8) is 0 Å². The fraction of sp³-hybridized carbons (Fsp3) is 0.222. The van der Waals surface area contributed by atoms with E-state index >= 15 is 0 Å². The van der Waals surface area contributed by atoms with Crippen LogP contribution in [0.2, 0.25) is 0 Å². The maximum absolute atomic E-state index is 13.6. The topological polar surface area (TPSA) is 81.1 Å². The van der Waals surface area contributed by atoms with Crippen molar-refractivity contribution in [3.8, 4) is 17.1 Å². The van der Waals surface area contributed by atoms with Gasteiger partial charge in [-0.25, -0.2) is 4.68 Å². The Morgan fingerprint density at radius 2 is 1.74 bits per heavy atom. The van der Waals surface area contributed by atoms with Gasteiger partial charge in [0.15, 0.2) is 5.82 Å². The summed E-state index contributed by atoms with van der Waals surface area (Å²) in [6.45, 7) is 6.60. The highest BCUT2D eigenvalue weighted by molar-refractivity contribution is 8.00. The highest BCUT2D eigenvalue weighted by Gasteiger charge is 2.38. The van der Waals surface area contributed by atoms with Crippen LogP contribution in [0.5, 0.6) is 5.75 Å². The summed E-state index contributed by atoms with van der Waals surface area (Å²) in [5.41, 5.74) is 8.43. The molecule has 5 rings (SSSR count). The van der Waals surface area contributed by atoms with Gasteiger partial charge in [-0.15, -0.1) is 10.2 Å². The number of fused-ring (bicyclic) bond motifs is 1. The van der Waals surface area contributed by atoms with Crippen LogP contribution in [0.4, 0.5) is 5.69 Å². The van der Waals surface area contributed by atoms with Crippen LogP contribution >= 0.6 is 11.8 Å². The summed E-state index contributed by atoms with van der Waals surface area (Å²) in [5, 5.41) is 12.1. The molecule has 1 aromatic heterocycles. The number of aryl methyl sites for hydroxylation is 2. The van der Waals surface area contributed by atoms with E-state index in [1.165, 1.54) is 11.8 Å². The van der Waals surface area contributed by atoms with Crippen molar-refractivity contribution in [2.75, 3.05) is 17.3 Å². The number of nitrogens with zero attached hydrogens (tertiary/aromatic N) is 3. The average molecular weight is 486 g/mol. The predicted octanol–water partition coefficient (Wildman–Crippen LogP) is 5.36. The van der Waals surface area contributed by atoms with Gasteiger partial charge in [0.1, 0.15) is 11.0 Å². The average Bonchev–Trinajstić information content (AvgIpc) is 3.27. The molecule has 0 saturated carbocycles. The zero-order chi connectivity index (χ0) is 24.4. The lowest BCUT2D eigenvalue weighted by Gasteiger charge is -2.33. The fourth-order valence-corrected chi connectivity index (χ4v) is 5.36. The number of ether oxygens (including phenoxy) is 1. The number of carbonyl (C=O) groups is 1. The molecule has 2 N–H and O–H groups in total. The summed E-state index contributed by atoms with van der Waals surface area (Å²) >= 11 is 1.41. The monoisotopic (exact) mass is 485 g/mol. The molecule has 2 heterocycles. The van der Waals surface area contributed by atoms with Gasteiger partial charge in [-0.1, -0.05) is 60.3 Å². The van der Waals surface area contributed by atoms with Gasteiger partial charge in [0.05, 0.1) is 12.6 Å². The maximum atomic E-state index is 13.6. The molecular weight excluding hydrogens is 458 g/mol. The Labute approximate surface area is 208 Å². The van der Waals surface area contributed by atoms with Gasteiger partial charge in [-0.2, -0.15) is 0 Å². The van der Waals surface area contributed by atoms with Gasteiger partial charge >= 0.3 is 0 Å². The van der Waals surface area contributed by atoms with E-state index in [1.807, 2.05) is 92.2 Å². The van der Waals surface area contributed by atoms with Gasteiger partial charge in [-0.05, 0) is 61.7 Å². The number of benzene rings is 3. The Hall–Kier alpha value is -3.78. The molecule has 2 atom stereocenters. The largest absolute Gasteiger partial charge is 0.494 e. The third kappa shape index (κ3) is 4.88. The molecule has 0 saturated heterocycles. The second-order valence-electron chi connectivity index (χ2n) is 8.52. The van der Waals surface area contributed by atoms with Crippen LogP contribution in [-0.2, 0) is 4.79 Å². The molecule has 0 spiro atoms. The smallest absolute Gasteiger partial charge is 0.240 e. The fourth-order valence-electron chi connectivity index (χ4n) is 4.28. The van der Waals surface area contributed by atoms with E-state index in [2.05, 4.69) is 27.0 Å². The van der Waals surface area contributed by atoms with E-state index in [1.54, 1.807) is 0 Å². The summed E-state index contributed by atoms with van der Waals surface area (Å²) in [4.78, 5) is 13.6. The molecule has 1 amide bonds. The van der Waals surface area contributed by atoms with Gasteiger partial charge in [0.25, 0.3) is 0 Å². The van der Waals surface area contributed by atoms with Gasteiger partial charge < -0.3 is 15.5 Å². The number of hydrogen-bond acceptors (Lipinski definition) is 6. The van der Waals surface area contributed by atoms with Crippen molar-refractivity contribution in [3.05, 3.63) is 89.5 Å². The Morgan fingerprint density at radius 3 is 2.43 bits per heavy atom. The highest BCUT2D eigenvalue weighted by atomic mass is 32.2. The second kappa shape index (κ2) is 9.84. The standard InChI is InChI=1S/C27H27N5O2S/c1-4-34-22-12-10-19(11-13-22)23-24(26(33)28-21-15-17(2)14-18(3)16-21)35-27-30-29-25(32(27)31-23)20-8-6-5-7-9-20/h5-16,23-24,31H,4H2,1-3H3,(H,28,33). The molecule has 35 heavy (non-hydrogen) atoms. The Balaban J connectivity index is 1.50. The van der Waals surface area contributed by atoms with Crippen LogP contribution in [0.15, 0.2) is 78.0 Å². The molecule has 1 aliphatic rings. The number of anilines is 1. The van der Waals surface area contributed by atoms with Gasteiger partial charge in [0, 0.05) is 11.3 Å². The number of aromatic nitrogens is 3. The molecule has 7 nitrogen and oxygen atoms in total. The first-order valence-corrected chi connectivity index (χ1v) is 12.5. The molecule has 0 aliphatic carbocycles. The van der Waals surface area contributed by atoms with Gasteiger partial charge in [-0.3, -0.25) is 4.79 Å². The van der Waals surface area contributed by atoms with Crippen molar-refractivity contribution in [1.29, 1.82) is 0 Å². The van der Waals surface area contributed by atoms with Crippen LogP contribution in [0.3, 0.4) is 0 Å². The number of hydrogen-bond donors (Lipinski definition) is 2. The number of rotatable bonds is 6. The summed E-state index contributed by atoms with van der Waals surface area (Å²) < 4.78 is 7.49. The molecule has 0 fully saturated rings. The first kappa shape index (κ1) is 23.0. The maximum Gasteiger partial charge on any atom is 0.240 e. The van der Waals surface area contributed by atoms with Crippen LogP contribution < -0.4 is 15.5 Å². The van der Waals surface area contributed by atoms with Crippen molar-refractivity contribution >= 4 is 23.4 Å². The van der Waals surface area contributed by atoms with Crippen LogP contribution in [0.1, 0.15) is 29.7 Å². The highest BCUT2D eigenvalue weighted by Crippen LogP contribution is 2.39. The third-order valence-electron chi connectivity index (χ3n) is 5.77. The minimum Gasteiger partial charge on any atom is -0.494 e. The first-order chi connectivity index (χ1) is 17.0. The summed E-state index contributed by atoms with van der Waals surface area (Å²) in [5.74, 6) is 1.41. The molecule has 1 aliphatic heterocycles. The van der Waals surface area contributed by atoms with Crippen molar-refractivity contribution in [1.82, 2.24) is 14.9 Å². The van der Waals surface area contributed by atoms with Crippen LogP contribution in [0.25, 0.3) is 11.4 Å². The number of thioether (sulfide) groups is 1. The van der Waals surface area contributed by atoms with Crippen molar-refractivity contribution in [2.24, 2.45) is 0 Å². The van der Waals surface area contributed by atoms with Crippen molar-refractivity contribution in [2.45, 2.75) is 37.2 Å². The van der Waals surface area contributed by atoms with E-state index in [9.17, 15) is 4.79 Å². The van der Waals surface area contributed by atoms with Crippen LogP contribution in [-0.4, -0.2) is 32.6 Å². The SMILES string of the molecule is CCOc1ccc(C2Nn3c(nnc3-c3ccccc3)SC2C(=O)Nc2cc(C)cc(C)c2)cc1. The van der Waals surface area contributed by atoms with Gasteiger partial charge in [0.2, 0.25) is 11.1 Å². The zero-order valence-electron chi connectivity index (χ0n) is 19.9. The predicted molar refractivity (Wildman–Crippen MR) is 139 cm³/mol. The lowest BCUT2D eigenvalue weighted by Crippen LogP contribution is -2.41. The van der Waals surface area contributed by atoms with Crippen LogP contribution in [0, 0.1) is 13.8 Å². The molecule has 178 valence electrons. The normalized spacial score (nSPS) is 16.8. The van der Waals surface area contributed by atoms with Crippen molar-refractivity contribution < 1.29 is 9.53 Å². The van der Waals surface area contributed by atoms with E-state index in [-0.39, 0.29) is 11.9 Å². The second-order valence-corrected chi connectivity index (χ2v) is 9.63. The number of nitrogens with one attached hydrogen (secondary N) is 2. The molecule has 0 radical (unpaired) electrons. The molecule has 4 aromatic rings. The Bertz CT molecular complexity index is 1320. The molecule has 3 aromatic carbocycles. The van der Waals surface area contributed by atoms with E-state index in [0.717, 1.165) is 33.7 Å². The van der Waals surface area contributed by atoms with E-state index in [0.29, 0.717) is 17.6 Å². The Kier molecular flexibility index (Phi) is 6.46. The minimum atomic E-state index is -0.464. The summed E-state index contributed by atoms with van der Waals surface area (Å²) in [6, 6.07) is 23.5. The minimum absolute atomic E-state index is 0.0955.